The van der Waals surface area contributed by atoms with E-state index >= 15 is 0 Å². The molecule has 0 amide bonds. The van der Waals surface area contributed by atoms with Crippen molar-refractivity contribution in [1.29, 1.82) is 0 Å². The second-order valence-electron chi connectivity index (χ2n) is 6.53. The fourth-order valence-corrected chi connectivity index (χ4v) is 3.06. The first kappa shape index (κ1) is 16.6. The lowest BCUT2D eigenvalue weighted by Gasteiger charge is -2.11. The summed E-state index contributed by atoms with van der Waals surface area (Å²) in [5.41, 5.74) is 3.71. The van der Waals surface area contributed by atoms with E-state index in [2.05, 4.69) is 0 Å². The van der Waals surface area contributed by atoms with Crippen molar-refractivity contribution >= 4 is 5.78 Å². The highest BCUT2D eigenvalue weighted by Crippen LogP contribution is 2.41. The molecule has 1 heterocycles. The van der Waals surface area contributed by atoms with Crippen LogP contribution >= 0.6 is 0 Å². The summed E-state index contributed by atoms with van der Waals surface area (Å²) in [7, 11) is 0. The molecule has 1 saturated heterocycles. The first-order chi connectivity index (χ1) is 12.7. The van der Waals surface area contributed by atoms with E-state index in [-0.39, 0.29) is 11.9 Å². The molecule has 3 aromatic rings. The smallest absolute Gasteiger partial charge is 0.198 e. The van der Waals surface area contributed by atoms with Crippen molar-refractivity contribution < 1.29 is 14.3 Å². The summed E-state index contributed by atoms with van der Waals surface area (Å²) < 4.78 is 11.6. The van der Waals surface area contributed by atoms with E-state index in [4.69, 9.17) is 9.47 Å². The molecule has 0 aromatic heterocycles. The van der Waals surface area contributed by atoms with Gasteiger partial charge in [-0.05, 0) is 30.2 Å². The van der Waals surface area contributed by atoms with Crippen molar-refractivity contribution in [3.8, 4) is 5.75 Å². The number of aryl methyl sites for hydroxylation is 1. The van der Waals surface area contributed by atoms with E-state index in [0.717, 1.165) is 16.7 Å². The summed E-state index contributed by atoms with van der Waals surface area (Å²) >= 11 is 0. The topological polar surface area (TPSA) is 38.8 Å². The third-order valence-corrected chi connectivity index (χ3v) is 4.52. The molecule has 1 aliphatic heterocycles. The molecule has 2 atom stereocenters. The molecule has 0 radical (unpaired) electrons. The van der Waals surface area contributed by atoms with Crippen molar-refractivity contribution in [2.45, 2.75) is 25.7 Å². The Balaban J connectivity index is 1.52. The number of hydrogen-bond acceptors (Lipinski definition) is 3. The summed E-state index contributed by atoms with van der Waals surface area (Å²) in [5.74, 6) is 0.581. The van der Waals surface area contributed by atoms with Crippen LogP contribution in [0.3, 0.4) is 0 Å². The van der Waals surface area contributed by atoms with Crippen molar-refractivity contribution in [1.82, 2.24) is 0 Å². The Labute approximate surface area is 153 Å². The fourth-order valence-electron chi connectivity index (χ4n) is 3.06. The number of ketones is 1. The van der Waals surface area contributed by atoms with Crippen molar-refractivity contribution in [2.24, 2.45) is 0 Å². The second-order valence-corrected chi connectivity index (χ2v) is 6.53. The van der Waals surface area contributed by atoms with Crippen LogP contribution in [-0.4, -0.2) is 11.9 Å². The average Bonchev–Trinajstić information content (AvgIpc) is 3.49. The Morgan fingerprint density at radius 3 is 2.38 bits per heavy atom. The molecule has 3 heteroatoms. The standard InChI is InChI=1S/C23H20O3/c1-16-12-13-20(25-15-17-8-4-2-5-9-17)19(14-16)21(24)23-22(26-23)18-10-6-3-7-11-18/h2-14,22-23H,15H2,1H3/t22-,23+/m1/s1. The number of hydrogen-bond donors (Lipinski definition) is 0. The van der Waals surface area contributed by atoms with E-state index in [1.807, 2.05) is 85.8 Å². The highest BCUT2D eigenvalue weighted by atomic mass is 16.6. The zero-order chi connectivity index (χ0) is 17.9. The maximum atomic E-state index is 13.0. The van der Waals surface area contributed by atoms with E-state index in [1.165, 1.54) is 0 Å². The zero-order valence-electron chi connectivity index (χ0n) is 14.6. The second kappa shape index (κ2) is 7.14. The number of ether oxygens (including phenoxy) is 2. The summed E-state index contributed by atoms with van der Waals surface area (Å²) in [6.07, 6.45) is -0.593. The third kappa shape index (κ3) is 3.53. The Morgan fingerprint density at radius 2 is 1.65 bits per heavy atom. The molecule has 3 aromatic carbocycles. The largest absolute Gasteiger partial charge is 0.488 e. The summed E-state index contributed by atoms with van der Waals surface area (Å²) in [4.78, 5) is 13.0. The fraction of sp³-hybridized carbons (Fsp3) is 0.174. The Morgan fingerprint density at radius 1 is 0.962 bits per heavy atom. The third-order valence-electron chi connectivity index (χ3n) is 4.52. The zero-order valence-corrected chi connectivity index (χ0v) is 14.6. The number of carbonyl (C=O) groups is 1. The number of carbonyl (C=O) groups excluding carboxylic acids is 1. The van der Waals surface area contributed by atoms with Crippen LogP contribution < -0.4 is 4.74 Å². The van der Waals surface area contributed by atoms with Crippen molar-refractivity contribution in [3.63, 3.8) is 0 Å². The first-order valence-corrected chi connectivity index (χ1v) is 8.74. The Kier molecular flexibility index (Phi) is 4.55. The Hall–Kier alpha value is -2.91. The Bertz CT molecular complexity index is 903. The van der Waals surface area contributed by atoms with Gasteiger partial charge in [-0.1, -0.05) is 72.3 Å². The number of benzene rings is 3. The maximum absolute atomic E-state index is 13.0. The van der Waals surface area contributed by atoms with Crippen LogP contribution in [0.25, 0.3) is 0 Å². The maximum Gasteiger partial charge on any atom is 0.198 e. The molecule has 130 valence electrons. The minimum Gasteiger partial charge on any atom is -0.488 e. The predicted molar refractivity (Wildman–Crippen MR) is 100 cm³/mol. The molecule has 1 fully saturated rings. The normalized spacial score (nSPS) is 18.3. The summed E-state index contributed by atoms with van der Waals surface area (Å²) in [5, 5.41) is 0. The monoisotopic (exact) mass is 344 g/mol. The molecule has 1 aliphatic rings. The summed E-state index contributed by atoms with van der Waals surface area (Å²) in [6.45, 7) is 2.40. The molecular formula is C23H20O3. The molecule has 26 heavy (non-hydrogen) atoms. The molecule has 0 bridgehead atoms. The molecule has 0 N–H and O–H groups in total. The molecular weight excluding hydrogens is 324 g/mol. The van der Waals surface area contributed by atoms with Crippen molar-refractivity contribution in [2.75, 3.05) is 0 Å². The van der Waals surface area contributed by atoms with Gasteiger partial charge in [0.15, 0.2) is 11.9 Å². The average molecular weight is 344 g/mol. The molecule has 3 nitrogen and oxygen atoms in total. The lowest BCUT2D eigenvalue weighted by molar-refractivity contribution is 0.0949. The van der Waals surface area contributed by atoms with E-state index < -0.39 is 6.10 Å². The van der Waals surface area contributed by atoms with Gasteiger partial charge < -0.3 is 9.47 Å². The predicted octanol–water partition coefficient (Wildman–Crippen LogP) is 4.90. The lowest BCUT2D eigenvalue weighted by Crippen LogP contribution is -2.11. The van der Waals surface area contributed by atoms with Gasteiger partial charge >= 0.3 is 0 Å². The lowest BCUT2D eigenvalue weighted by atomic mass is 10.0. The SMILES string of the molecule is Cc1ccc(OCc2ccccc2)c(C(=O)[C@@H]2O[C@@H]2c2ccccc2)c1. The number of epoxide rings is 1. The van der Waals surface area contributed by atoms with Gasteiger partial charge in [0, 0.05) is 0 Å². The summed E-state index contributed by atoms with van der Waals surface area (Å²) in [6, 6.07) is 25.5. The van der Waals surface area contributed by atoms with Crippen LogP contribution in [0.1, 0.15) is 33.2 Å². The highest BCUT2D eigenvalue weighted by molar-refractivity contribution is 6.03. The van der Waals surface area contributed by atoms with Gasteiger partial charge in [0.05, 0.1) is 5.56 Å². The highest BCUT2D eigenvalue weighted by Gasteiger charge is 2.46. The molecule has 0 spiro atoms. The minimum atomic E-state index is -0.432. The van der Waals surface area contributed by atoms with Crippen LogP contribution in [0.15, 0.2) is 78.9 Å². The first-order valence-electron chi connectivity index (χ1n) is 8.74. The van der Waals surface area contributed by atoms with Crippen LogP contribution in [-0.2, 0) is 11.3 Å². The molecule has 0 aliphatic carbocycles. The van der Waals surface area contributed by atoms with Gasteiger partial charge in [0.2, 0.25) is 0 Å². The van der Waals surface area contributed by atoms with Gasteiger partial charge in [-0.3, -0.25) is 4.79 Å². The number of Topliss-reactive ketones (excluding diaryl/α,β-unsaturated/α-hetero) is 1. The minimum absolute atomic E-state index is 0.0226. The van der Waals surface area contributed by atoms with E-state index in [0.29, 0.717) is 17.9 Å². The molecule has 4 rings (SSSR count). The van der Waals surface area contributed by atoms with Crippen LogP contribution in [0.5, 0.6) is 5.75 Å². The number of rotatable bonds is 6. The van der Waals surface area contributed by atoms with Gasteiger partial charge in [-0.15, -0.1) is 0 Å². The molecule has 0 saturated carbocycles. The quantitative estimate of drug-likeness (QED) is 0.472. The van der Waals surface area contributed by atoms with Crippen LogP contribution in [0.4, 0.5) is 0 Å². The van der Waals surface area contributed by atoms with Gasteiger partial charge in [0.1, 0.15) is 18.5 Å². The van der Waals surface area contributed by atoms with Crippen LogP contribution in [0.2, 0.25) is 0 Å². The van der Waals surface area contributed by atoms with E-state index in [1.54, 1.807) is 0 Å². The molecule has 0 unspecified atom stereocenters. The van der Waals surface area contributed by atoms with Gasteiger partial charge in [0.25, 0.3) is 0 Å². The van der Waals surface area contributed by atoms with Crippen molar-refractivity contribution in [3.05, 3.63) is 101 Å². The van der Waals surface area contributed by atoms with Gasteiger partial charge in [-0.2, -0.15) is 0 Å². The van der Waals surface area contributed by atoms with Crippen LogP contribution in [0, 0.1) is 6.92 Å². The van der Waals surface area contributed by atoms with E-state index in [9.17, 15) is 4.79 Å². The van der Waals surface area contributed by atoms with Gasteiger partial charge in [-0.25, -0.2) is 0 Å².